The van der Waals surface area contributed by atoms with Crippen molar-refractivity contribution >= 4 is 27.5 Å². The van der Waals surface area contributed by atoms with Crippen LogP contribution in [-0.2, 0) is 25.9 Å². The van der Waals surface area contributed by atoms with E-state index in [0.717, 1.165) is 35.7 Å². The number of piperidine rings is 1. The molecule has 0 N–H and O–H groups in total. The van der Waals surface area contributed by atoms with Crippen molar-refractivity contribution in [1.29, 1.82) is 0 Å². The van der Waals surface area contributed by atoms with Crippen molar-refractivity contribution in [2.75, 3.05) is 44.0 Å². The number of Topliss-reactive ketones (excluding diaryl/α,β-unsaturated/α-hetero) is 1. The molecule has 0 aliphatic carbocycles. The van der Waals surface area contributed by atoms with E-state index in [1.165, 1.54) is 6.26 Å². The molecule has 3 heterocycles. The molecule has 2 aromatic carbocycles. The van der Waals surface area contributed by atoms with Crippen molar-refractivity contribution in [1.82, 2.24) is 9.88 Å². The first kappa shape index (κ1) is 27.2. The normalized spacial score (nSPS) is 21.3. The monoisotopic (exact) mass is 545 g/mol. The van der Waals surface area contributed by atoms with Crippen LogP contribution in [0, 0.1) is 5.41 Å². The molecule has 2 aliphatic heterocycles. The van der Waals surface area contributed by atoms with Crippen LogP contribution in [0.2, 0.25) is 0 Å². The van der Waals surface area contributed by atoms with Crippen LogP contribution in [0.15, 0.2) is 83.3 Å². The minimum absolute atomic E-state index is 0.0718. The van der Waals surface area contributed by atoms with Crippen LogP contribution in [0.3, 0.4) is 0 Å². The molecule has 204 valence electrons. The average Bonchev–Trinajstić information content (AvgIpc) is 2.92. The van der Waals surface area contributed by atoms with Gasteiger partial charge >= 0.3 is 0 Å². The largest absolute Gasteiger partial charge is 0.378 e. The van der Waals surface area contributed by atoms with Gasteiger partial charge in [-0.1, -0.05) is 62.4 Å². The maximum Gasteiger partial charge on any atom is 0.175 e. The summed E-state index contributed by atoms with van der Waals surface area (Å²) in [4.78, 5) is 23.7. The molecule has 3 aromatic rings. The van der Waals surface area contributed by atoms with Crippen LogP contribution in [0.5, 0.6) is 0 Å². The Morgan fingerprint density at radius 2 is 1.67 bits per heavy atom. The number of carbonyl (C=O) groups is 1. The smallest absolute Gasteiger partial charge is 0.175 e. The number of morpholine rings is 1. The van der Waals surface area contributed by atoms with Gasteiger partial charge in [0.2, 0.25) is 0 Å². The molecule has 5 rings (SSSR count). The molecule has 2 fully saturated rings. The first-order chi connectivity index (χ1) is 18.6. The number of ketones is 1. The Morgan fingerprint density at radius 3 is 2.33 bits per heavy atom. The van der Waals surface area contributed by atoms with Gasteiger partial charge in [-0.25, -0.2) is 13.4 Å². The van der Waals surface area contributed by atoms with Crippen molar-refractivity contribution in [3.05, 3.63) is 95.2 Å². The van der Waals surface area contributed by atoms with Gasteiger partial charge in [0.25, 0.3) is 0 Å². The van der Waals surface area contributed by atoms with E-state index in [4.69, 9.17) is 9.72 Å². The number of rotatable bonds is 6. The van der Waals surface area contributed by atoms with Crippen molar-refractivity contribution in [3.63, 3.8) is 0 Å². The SMILES string of the molecule is CC1(C)CN(Cc2ccccc2)C(c2ccc(S(C)(=O)=O)cc2)/C(=C/c2cccc(N3CCOCC3)n2)C1=O. The lowest BCUT2D eigenvalue weighted by molar-refractivity contribution is -0.128. The number of anilines is 1. The minimum atomic E-state index is -3.34. The molecule has 0 spiro atoms. The third kappa shape index (κ3) is 6.13. The van der Waals surface area contributed by atoms with Gasteiger partial charge in [0.15, 0.2) is 15.6 Å². The fraction of sp³-hybridized carbons (Fsp3) is 0.355. The van der Waals surface area contributed by atoms with Crippen LogP contribution in [0.25, 0.3) is 6.08 Å². The molecule has 0 amide bonds. The fourth-order valence-corrected chi connectivity index (χ4v) is 6.06. The number of nitrogens with zero attached hydrogens (tertiary/aromatic N) is 3. The number of sulfone groups is 1. The zero-order chi connectivity index (χ0) is 27.6. The highest BCUT2D eigenvalue weighted by Gasteiger charge is 2.44. The molecule has 0 saturated carbocycles. The number of hydrogen-bond acceptors (Lipinski definition) is 7. The first-order valence-corrected chi connectivity index (χ1v) is 15.2. The van der Waals surface area contributed by atoms with Gasteiger partial charge in [0, 0.05) is 43.4 Å². The number of hydrogen-bond donors (Lipinski definition) is 0. The third-order valence-corrected chi connectivity index (χ3v) is 8.51. The average molecular weight is 546 g/mol. The lowest BCUT2D eigenvalue weighted by Crippen LogP contribution is -2.49. The van der Waals surface area contributed by atoms with E-state index in [0.29, 0.717) is 31.9 Å². The Hall–Kier alpha value is -3.33. The maximum absolute atomic E-state index is 14.0. The second-order valence-corrected chi connectivity index (χ2v) is 13.0. The summed E-state index contributed by atoms with van der Waals surface area (Å²) in [6.07, 6.45) is 3.12. The standard InChI is InChI=1S/C31H35N3O4S/c1-31(2)22-34(21-23-8-5-4-6-9-23)29(24-12-14-26(15-13-24)39(3,36)37)27(30(31)35)20-25-10-7-11-28(32-25)33-16-18-38-19-17-33/h4-15,20,29H,16-19,21-22H2,1-3H3/b27-20-. The lowest BCUT2D eigenvalue weighted by atomic mass is 9.74. The van der Waals surface area contributed by atoms with E-state index in [9.17, 15) is 13.2 Å². The van der Waals surface area contributed by atoms with Crippen LogP contribution in [0.1, 0.15) is 36.7 Å². The predicted molar refractivity (Wildman–Crippen MR) is 153 cm³/mol. The van der Waals surface area contributed by atoms with Gasteiger partial charge in [-0.15, -0.1) is 0 Å². The minimum Gasteiger partial charge on any atom is -0.378 e. The first-order valence-electron chi connectivity index (χ1n) is 13.3. The number of likely N-dealkylation sites (tertiary alicyclic amines) is 1. The Bertz CT molecular complexity index is 1460. The zero-order valence-corrected chi connectivity index (χ0v) is 23.5. The lowest BCUT2D eigenvalue weighted by Gasteiger charge is -2.44. The summed E-state index contributed by atoms with van der Waals surface area (Å²) in [5.74, 6) is 0.938. The van der Waals surface area contributed by atoms with Crippen molar-refractivity contribution in [3.8, 4) is 0 Å². The van der Waals surface area contributed by atoms with Gasteiger partial charge < -0.3 is 9.64 Å². The molecular weight excluding hydrogens is 510 g/mol. The number of benzene rings is 2. The van der Waals surface area contributed by atoms with Gasteiger partial charge in [0.1, 0.15) is 5.82 Å². The Labute approximate surface area is 231 Å². The van der Waals surface area contributed by atoms with Gasteiger partial charge in [-0.3, -0.25) is 9.69 Å². The second kappa shape index (κ2) is 11.0. The number of carbonyl (C=O) groups excluding carboxylic acids is 1. The highest BCUT2D eigenvalue weighted by atomic mass is 32.2. The second-order valence-electron chi connectivity index (χ2n) is 11.0. The van der Waals surface area contributed by atoms with E-state index in [1.54, 1.807) is 12.1 Å². The predicted octanol–water partition coefficient (Wildman–Crippen LogP) is 4.56. The summed E-state index contributed by atoms with van der Waals surface area (Å²) >= 11 is 0. The number of ether oxygens (including phenoxy) is 1. The van der Waals surface area contributed by atoms with E-state index in [1.807, 2.05) is 68.5 Å². The molecule has 0 radical (unpaired) electrons. The summed E-state index contributed by atoms with van der Waals surface area (Å²) in [6.45, 7) is 8.08. The van der Waals surface area contributed by atoms with E-state index < -0.39 is 15.3 Å². The molecule has 7 nitrogen and oxygen atoms in total. The maximum atomic E-state index is 14.0. The van der Waals surface area contributed by atoms with Crippen LogP contribution >= 0.6 is 0 Å². The molecule has 1 atom stereocenters. The summed E-state index contributed by atoms with van der Waals surface area (Å²) in [5.41, 5.74) is 2.79. The molecule has 2 aliphatic rings. The quantitative estimate of drug-likeness (QED) is 0.420. The zero-order valence-electron chi connectivity index (χ0n) is 22.7. The van der Waals surface area contributed by atoms with E-state index >= 15 is 0 Å². The van der Waals surface area contributed by atoms with Gasteiger partial charge in [-0.2, -0.15) is 0 Å². The topological polar surface area (TPSA) is 79.8 Å². The molecule has 8 heteroatoms. The molecule has 1 aromatic heterocycles. The summed E-state index contributed by atoms with van der Waals surface area (Å²) < 4.78 is 29.8. The van der Waals surface area contributed by atoms with Crippen LogP contribution in [-0.4, -0.2) is 63.2 Å². The van der Waals surface area contributed by atoms with E-state index in [-0.39, 0.29) is 16.7 Å². The van der Waals surface area contributed by atoms with Gasteiger partial charge in [-0.05, 0) is 41.5 Å². The van der Waals surface area contributed by atoms with Crippen LogP contribution in [0.4, 0.5) is 5.82 Å². The highest BCUT2D eigenvalue weighted by molar-refractivity contribution is 7.90. The Balaban J connectivity index is 1.60. The molecular formula is C31H35N3O4S. The number of aromatic nitrogens is 1. The van der Waals surface area contributed by atoms with E-state index in [2.05, 4.69) is 21.9 Å². The molecule has 39 heavy (non-hydrogen) atoms. The van der Waals surface area contributed by atoms with Crippen molar-refractivity contribution < 1.29 is 17.9 Å². The molecule has 2 saturated heterocycles. The van der Waals surface area contributed by atoms with Crippen molar-refractivity contribution in [2.45, 2.75) is 31.3 Å². The fourth-order valence-electron chi connectivity index (χ4n) is 5.43. The summed E-state index contributed by atoms with van der Waals surface area (Å²) in [5, 5.41) is 0. The Kier molecular flexibility index (Phi) is 7.71. The van der Waals surface area contributed by atoms with Crippen molar-refractivity contribution in [2.24, 2.45) is 5.41 Å². The van der Waals surface area contributed by atoms with Gasteiger partial charge in [0.05, 0.1) is 29.8 Å². The third-order valence-electron chi connectivity index (χ3n) is 7.38. The molecule has 0 bridgehead atoms. The highest BCUT2D eigenvalue weighted by Crippen LogP contribution is 2.42. The summed E-state index contributed by atoms with van der Waals surface area (Å²) in [6, 6.07) is 22.7. The molecule has 1 unspecified atom stereocenters. The summed E-state index contributed by atoms with van der Waals surface area (Å²) in [7, 11) is -3.34. The number of pyridine rings is 1. The Morgan fingerprint density at radius 1 is 0.974 bits per heavy atom. The van der Waals surface area contributed by atoms with Crippen LogP contribution < -0.4 is 4.90 Å².